The summed E-state index contributed by atoms with van der Waals surface area (Å²) in [5.41, 5.74) is 3.79. The summed E-state index contributed by atoms with van der Waals surface area (Å²) >= 11 is 1.44. The first-order chi connectivity index (χ1) is 16.3. The molecule has 4 rings (SSSR count). The van der Waals surface area contributed by atoms with Gasteiger partial charge in [0.2, 0.25) is 4.80 Å². The van der Waals surface area contributed by atoms with Crippen LogP contribution in [0.5, 0.6) is 0 Å². The molecule has 0 spiro atoms. The summed E-state index contributed by atoms with van der Waals surface area (Å²) in [5.74, 6) is 0.373. The van der Waals surface area contributed by atoms with Crippen molar-refractivity contribution in [1.82, 2.24) is 4.68 Å². The monoisotopic (exact) mass is 480 g/mol. The zero-order valence-electron chi connectivity index (χ0n) is 19.7. The number of thiazole rings is 1. The molecule has 1 saturated carbocycles. The quantitative estimate of drug-likeness (QED) is 0.274. The van der Waals surface area contributed by atoms with Crippen molar-refractivity contribution in [3.63, 3.8) is 0 Å². The first-order valence-electron chi connectivity index (χ1n) is 11.6. The maximum absolute atomic E-state index is 13.4. The maximum Gasteiger partial charge on any atom is 0.269 e. The predicted molar refractivity (Wildman–Crippen MR) is 135 cm³/mol. The molecule has 1 aromatic heterocycles. The molecule has 0 saturated heterocycles. The van der Waals surface area contributed by atoms with E-state index in [1.165, 1.54) is 35.6 Å². The van der Waals surface area contributed by atoms with Gasteiger partial charge in [0.15, 0.2) is 0 Å². The van der Waals surface area contributed by atoms with Crippen LogP contribution in [0, 0.1) is 27.3 Å². The minimum absolute atomic E-state index is 0.0462. The molecule has 0 unspecified atom stereocenters. The van der Waals surface area contributed by atoms with Gasteiger partial charge in [-0.1, -0.05) is 27.2 Å². The van der Waals surface area contributed by atoms with E-state index in [2.05, 4.69) is 20.8 Å². The van der Waals surface area contributed by atoms with Crippen LogP contribution in [0.1, 0.15) is 52.9 Å². The maximum atomic E-state index is 13.4. The Morgan fingerprint density at radius 2 is 1.76 bits per heavy atom. The van der Waals surface area contributed by atoms with E-state index >= 15 is 0 Å². The second-order valence-corrected chi connectivity index (χ2v) is 10.2. The summed E-state index contributed by atoms with van der Waals surface area (Å²) in [5, 5.41) is 18.0. The topological polar surface area (TPSA) is 72.8 Å². The molecular weight excluding hydrogens is 451 g/mol. The van der Waals surface area contributed by atoms with E-state index in [9.17, 15) is 14.5 Å². The molecule has 0 atom stereocenters. The highest BCUT2D eigenvalue weighted by Gasteiger charge is 2.30. The fraction of sp³-hybridized carbons (Fsp3) is 0.385. The highest BCUT2D eigenvalue weighted by atomic mass is 32.1. The fourth-order valence-corrected chi connectivity index (χ4v) is 5.16. The third-order valence-corrected chi connectivity index (χ3v) is 7.75. The molecule has 8 heteroatoms. The van der Waals surface area contributed by atoms with E-state index in [0.717, 1.165) is 49.1 Å². The van der Waals surface area contributed by atoms with Crippen molar-refractivity contribution < 1.29 is 9.31 Å². The van der Waals surface area contributed by atoms with E-state index in [-0.39, 0.29) is 11.5 Å². The Balaban J connectivity index is 1.73. The molecule has 2 aromatic carbocycles. The van der Waals surface area contributed by atoms with Crippen LogP contribution >= 0.6 is 11.3 Å². The molecule has 1 fully saturated rings. The van der Waals surface area contributed by atoms with E-state index in [4.69, 9.17) is 10.1 Å². The molecule has 0 aliphatic heterocycles. The van der Waals surface area contributed by atoms with Crippen LogP contribution in [-0.2, 0) is 0 Å². The third-order valence-electron chi connectivity index (χ3n) is 6.93. The molecule has 1 heterocycles. The Labute approximate surface area is 202 Å². The highest BCUT2D eigenvalue weighted by molar-refractivity contribution is 7.07. The van der Waals surface area contributed by atoms with Crippen LogP contribution in [0.2, 0.25) is 0 Å². The first kappa shape index (κ1) is 24.0. The van der Waals surface area contributed by atoms with Crippen LogP contribution in [0.3, 0.4) is 0 Å². The summed E-state index contributed by atoms with van der Waals surface area (Å²) in [7, 11) is 0. The minimum Gasteiger partial charge on any atom is -0.258 e. The summed E-state index contributed by atoms with van der Waals surface area (Å²) in [4.78, 5) is 16.0. The Morgan fingerprint density at radius 1 is 1.12 bits per heavy atom. The summed E-state index contributed by atoms with van der Waals surface area (Å²) in [6.07, 6.45) is 5.26. The smallest absolute Gasteiger partial charge is 0.258 e. The average molecular weight is 481 g/mol. The second-order valence-electron chi connectivity index (χ2n) is 9.39. The number of nitro benzene ring substituents is 1. The lowest BCUT2D eigenvalue weighted by Crippen LogP contribution is -2.28. The summed E-state index contributed by atoms with van der Waals surface area (Å²) in [6.45, 7) is 6.95. The molecule has 6 nitrogen and oxygen atoms in total. The molecule has 1 aliphatic carbocycles. The lowest BCUT2D eigenvalue weighted by atomic mass is 9.69. The molecule has 3 aromatic rings. The van der Waals surface area contributed by atoms with Gasteiger partial charge in [-0.25, -0.2) is 14.1 Å². The van der Waals surface area contributed by atoms with Crippen molar-refractivity contribution in [3.8, 4) is 11.3 Å². The molecule has 0 radical (unpaired) electrons. The Kier molecular flexibility index (Phi) is 7.07. The molecule has 1 aliphatic rings. The van der Waals surface area contributed by atoms with Crippen molar-refractivity contribution in [2.75, 3.05) is 0 Å². The summed E-state index contributed by atoms with van der Waals surface area (Å²) < 4.78 is 15.2. The van der Waals surface area contributed by atoms with Crippen LogP contribution < -0.4 is 4.80 Å². The van der Waals surface area contributed by atoms with E-state index < -0.39 is 4.92 Å². The zero-order chi connectivity index (χ0) is 24.3. The molecule has 0 amide bonds. The van der Waals surface area contributed by atoms with Gasteiger partial charge >= 0.3 is 0 Å². The van der Waals surface area contributed by atoms with Crippen LogP contribution in [0.25, 0.3) is 11.3 Å². The SMILES string of the molecule is CCC(C)(C)C1CCC(=Nn2c(-c3ccc([N+](=O)[O-])cc3)csc2=Nc2ccc(F)cc2)CC1. The van der Waals surface area contributed by atoms with Crippen LogP contribution in [-0.4, -0.2) is 15.3 Å². The molecule has 178 valence electrons. The lowest BCUT2D eigenvalue weighted by molar-refractivity contribution is -0.384. The van der Waals surface area contributed by atoms with Gasteiger partial charge < -0.3 is 0 Å². The first-order valence-corrected chi connectivity index (χ1v) is 12.5. The van der Waals surface area contributed by atoms with Crippen LogP contribution in [0.4, 0.5) is 15.8 Å². The summed E-state index contributed by atoms with van der Waals surface area (Å²) in [6, 6.07) is 12.5. The Morgan fingerprint density at radius 3 is 2.35 bits per heavy atom. The van der Waals surface area contributed by atoms with Gasteiger partial charge in [-0.2, -0.15) is 5.10 Å². The number of benzene rings is 2. The lowest BCUT2D eigenvalue weighted by Gasteiger charge is -2.36. The van der Waals surface area contributed by atoms with Crippen LogP contribution in [0.15, 0.2) is 64.0 Å². The van der Waals surface area contributed by atoms with E-state index in [1.807, 2.05) is 10.1 Å². The normalized spacial score (nSPS) is 17.1. The number of halogens is 1. The standard InChI is InChI=1S/C26H29FN4O2S/c1-4-26(2,3)19-7-11-22(12-8-19)29-30-24(18-5-15-23(16-6-18)31(32)33)17-34-25(30)28-21-13-9-20(27)10-14-21/h5-6,9-10,13-17,19H,4,7-8,11-12H2,1-3H3. The van der Waals surface area contributed by atoms with E-state index in [0.29, 0.717) is 21.8 Å². The third kappa shape index (κ3) is 5.33. The average Bonchev–Trinajstić information content (AvgIpc) is 3.22. The predicted octanol–water partition coefficient (Wildman–Crippen LogP) is 7.33. The van der Waals surface area contributed by atoms with Gasteiger partial charge in [0.1, 0.15) is 5.82 Å². The largest absolute Gasteiger partial charge is 0.269 e. The van der Waals surface area contributed by atoms with Gasteiger partial charge in [-0.15, -0.1) is 11.3 Å². The Bertz CT molecular complexity index is 1250. The van der Waals surface area contributed by atoms with Crippen molar-refractivity contribution in [1.29, 1.82) is 0 Å². The second kappa shape index (κ2) is 10.0. The Hall–Kier alpha value is -3.13. The molecule has 0 N–H and O–H groups in total. The highest BCUT2D eigenvalue weighted by Crippen LogP contribution is 2.39. The number of hydrogen-bond acceptors (Lipinski definition) is 5. The van der Waals surface area contributed by atoms with Crippen molar-refractivity contribution in [3.05, 3.63) is 74.6 Å². The van der Waals surface area contributed by atoms with Gasteiger partial charge in [-0.3, -0.25) is 10.1 Å². The van der Waals surface area contributed by atoms with Crippen molar-refractivity contribution >= 4 is 28.4 Å². The van der Waals surface area contributed by atoms with Crippen molar-refractivity contribution in [2.45, 2.75) is 52.9 Å². The van der Waals surface area contributed by atoms with Crippen molar-refractivity contribution in [2.24, 2.45) is 21.4 Å². The number of non-ortho nitro benzene ring substituents is 1. The molecule has 0 bridgehead atoms. The number of aromatic nitrogens is 1. The number of hydrogen-bond donors (Lipinski definition) is 0. The number of rotatable bonds is 6. The fourth-order valence-electron chi connectivity index (χ4n) is 4.31. The number of nitrogens with zero attached hydrogens (tertiary/aromatic N) is 4. The van der Waals surface area contributed by atoms with E-state index in [1.54, 1.807) is 24.3 Å². The zero-order valence-corrected chi connectivity index (χ0v) is 20.5. The molecule has 34 heavy (non-hydrogen) atoms. The minimum atomic E-state index is -0.406. The van der Waals surface area contributed by atoms with Gasteiger partial charge in [0.05, 0.1) is 16.3 Å². The van der Waals surface area contributed by atoms with Gasteiger partial charge in [-0.05, 0) is 73.4 Å². The van der Waals surface area contributed by atoms with Gasteiger partial charge in [0, 0.05) is 28.8 Å². The van der Waals surface area contributed by atoms with Gasteiger partial charge in [0.25, 0.3) is 5.69 Å². The molecular formula is C26H29FN4O2S. The number of nitro groups is 1.